The van der Waals surface area contributed by atoms with Crippen LogP contribution in [0.25, 0.3) is 0 Å². The molecule has 5 nitrogen and oxygen atoms in total. The van der Waals surface area contributed by atoms with Crippen LogP contribution in [0.15, 0.2) is 0 Å². The molecule has 0 spiro atoms. The minimum absolute atomic E-state index is 0.0960. The molecule has 1 saturated heterocycles. The molecule has 0 aromatic heterocycles. The standard InChI is InChI=1S/C14H27N3O2/c1-10(2)15-8-12(5)9-16-6-7-17(11(3)4)14(19)13(16)18/h10-12,15H,6-9H2,1-5H3. The molecule has 1 aliphatic rings. The van der Waals surface area contributed by atoms with Gasteiger partial charge in [-0.05, 0) is 26.3 Å². The van der Waals surface area contributed by atoms with Gasteiger partial charge in [-0.3, -0.25) is 9.59 Å². The van der Waals surface area contributed by atoms with Crippen LogP contribution in [-0.2, 0) is 9.59 Å². The molecule has 0 bridgehead atoms. The number of piperazine rings is 1. The largest absolute Gasteiger partial charge is 0.332 e. The van der Waals surface area contributed by atoms with E-state index in [-0.39, 0.29) is 17.9 Å². The normalized spacial score (nSPS) is 18.7. The summed E-state index contributed by atoms with van der Waals surface area (Å²) >= 11 is 0. The van der Waals surface area contributed by atoms with Crippen LogP contribution in [0.2, 0.25) is 0 Å². The number of nitrogens with one attached hydrogen (secondary N) is 1. The van der Waals surface area contributed by atoms with Crippen molar-refractivity contribution in [2.75, 3.05) is 26.2 Å². The lowest BCUT2D eigenvalue weighted by Crippen LogP contribution is -2.57. The van der Waals surface area contributed by atoms with E-state index < -0.39 is 0 Å². The summed E-state index contributed by atoms with van der Waals surface area (Å²) < 4.78 is 0. The van der Waals surface area contributed by atoms with E-state index in [1.165, 1.54) is 0 Å². The maximum atomic E-state index is 12.0. The molecular weight excluding hydrogens is 242 g/mol. The maximum absolute atomic E-state index is 12.0. The van der Waals surface area contributed by atoms with Crippen molar-refractivity contribution < 1.29 is 9.59 Å². The summed E-state index contributed by atoms with van der Waals surface area (Å²) in [5, 5.41) is 3.35. The summed E-state index contributed by atoms with van der Waals surface area (Å²) in [4.78, 5) is 27.3. The van der Waals surface area contributed by atoms with Crippen LogP contribution >= 0.6 is 0 Å². The summed E-state index contributed by atoms with van der Waals surface area (Å²) in [5.41, 5.74) is 0. The topological polar surface area (TPSA) is 52.6 Å². The Bertz CT molecular complexity index is 329. The van der Waals surface area contributed by atoms with Crippen molar-refractivity contribution in [3.63, 3.8) is 0 Å². The molecule has 1 fully saturated rings. The van der Waals surface area contributed by atoms with Gasteiger partial charge < -0.3 is 15.1 Å². The Morgan fingerprint density at radius 1 is 1.05 bits per heavy atom. The lowest BCUT2D eigenvalue weighted by atomic mass is 10.1. The molecule has 19 heavy (non-hydrogen) atoms. The van der Waals surface area contributed by atoms with Crippen LogP contribution in [0.3, 0.4) is 0 Å². The highest BCUT2D eigenvalue weighted by atomic mass is 16.2. The molecule has 0 aromatic carbocycles. The fourth-order valence-corrected chi connectivity index (χ4v) is 2.23. The third-order valence-electron chi connectivity index (χ3n) is 3.37. The Hall–Kier alpha value is -1.10. The van der Waals surface area contributed by atoms with E-state index in [0.717, 1.165) is 6.54 Å². The van der Waals surface area contributed by atoms with Crippen LogP contribution in [0.5, 0.6) is 0 Å². The molecule has 0 aromatic rings. The lowest BCUT2D eigenvalue weighted by Gasteiger charge is -2.37. The van der Waals surface area contributed by atoms with Gasteiger partial charge in [0.15, 0.2) is 0 Å². The van der Waals surface area contributed by atoms with Crippen molar-refractivity contribution in [1.82, 2.24) is 15.1 Å². The number of carbonyl (C=O) groups is 2. The highest BCUT2D eigenvalue weighted by Crippen LogP contribution is 2.10. The van der Waals surface area contributed by atoms with E-state index in [1.54, 1.807) is 9.80 Å². The second-order valence-electron chi connectivity index (χ2n) is 6.01. The first kappa shape index (κ1) is 16.0. The molecule has 5 heteroatoms. The van der Waals surface area contributed by atoms with E-state index in [9.17, 15) is 9.59 Å². The van der Waals surface area contributed by atoms with E-state index in [1.807, 2.05) is 13.8 Å². The van der Waals surface area contributed by atoms with Crippen LogP contribution < -0.4 is 5.32 Å². The quantitative estimate of drug-likeness (QED) is 0.722. The van der Waals surface area contributed by atoms with Gasteiger partial charge in [-0.15, -0.1) is 0 Å². The monoisotopic (exact) mass is 269 g/mol. The summed E-state index contributed by atoms with van der Waals surface area (Å²) in [7, 11) is 0. The second kappa shape index (κ2) is 6.89. The molecular formula is C14H27N3O2. The van der Waals surface area contributed by atoms with Gasteiger partial charge in [-0.2, -0.15) is 0 Å². The minimum atomic E-state index is -0.356. The number of rotatable bonds is 6. The van der Waals surface area contributed by atoms with Crippen LogP contribution in [0, 0.1) is 5.92 Å². The van der Waals surface area contributed by atoms with Gasteiger partial charge in [0.05, 0.1) is 0 Å². The zero-order valence-electron chi connectivity index (χ0n) is 12.8. The molecule has 1 rings (SSSR count). The molecule has 0 aliphatic carbocycles. The molecule has 110 valence electrons. The van der Waals surface area contributed by atoms with Crippen molar-refractivity contribution in [2.45, 2.75) is 46.7 Å². The Labute approximate surface area is 116 Å². The summed E-state index contributed by atoms with van der Waals surface area (Å²) in [6, 6.07) is 0.538. The van der Waals surface area contributed by atoms with Gasteiger partial charge >= 0.3 is 11.8 Å². The number of nitrogens with zero attached hydrogens (tertiary/aromatic N) is 2. The first-order chi connectivity index (χ1) is 8.82. The number of amides is 2. The van der Waals surface area contributed by atoms with Gasteiger partial charge in [0, 0.05) is 31.7 Å². The zero-order chi connectivity index (χ0) is 14.6. The zero-order valence-corrected chi connectivity index (χ0v) is 12.8. The molecule has 0 saturated carbocycles. The van der Waals surface area contributed by atoms with Crippen LogP contribution in [-0.4, -0.2) is 59.9 Å². The molecule has 2 amide bonds. The van der Waals surface area contributed by atoms with Gasteiger partial charge in [-0.25, -0.2) is 0 Å². The second-order valence-corrected chi connectivity index (χ2v) is 6.01. The highest BCUT2D eigenvalue weighted by Gasteiger charge is 2.33. The van der Waals surface area contributed by atoms with Crippen LogP contribution in [0.1, 0.15) is 34.6 Å². The molecule has 1 N–H and O–H groups in total. The van der Waals surface area contributed by atoms with Gasteiger partial charge in [0.1, 0.15) is 0 Å². The first-order valence-electron chi connectivity index (χ1n) is 7.16. The van der Waals surface area contributed by atoms with E-state index in [2.05, 4.69) is 26.1 Å². The molecule has 1 aliphatic heterocycles. The van der Waals surface area contributed by atoms with Crippen molar-refractivity contribution in [3.8, 4) is 0 Å². The van der Waals surface area contributed by atoms with Crippen molar-refractivity contribution in [3.05, 3.63) is 0 Å². The minimum Gasteiger partial charge on any atom is -0.332 e. The Balaban J connectivity index is 2.48. The summed E-state index contributed by atoms with van der Waals surface area (Å²) in [5.74, 6) is -0.355. The van der Waals surface area contributed by atoms with Gasteiger partial charge in [0.2, 0.25) is 0 Å². The summed E-state index contributed by atoms with van der Waals surface area (Å²) in [6.07, 6.45) is 0. The predicted octanol–water partition coefficient (Wildman–Crippen LogP) is 0.700. The van der Waals surface area contributed by atoms with Gasteiger partial charge in [-0.1, -0.05) is 20.8 Å². The van der Waals surface area contributed by atoms with Crippen LogP contribution in [0.4, 0.5) is 0 Å². The maximum Gasteiger partial charge on any atom is 0.312 e. The third kappa shape index (κ3) is 4.49. The molecule has 1 atom stereocenters. The average molecular weight is 269 g/mol. The average Bonchev–Trinajstić information content (AvgIpc) is 2.32. The smallest absolute Gasteiger partial charge is 0.312 e. The Morgan fingerprint density at radius 2 is 1.68 bits per heavy atom. The first-order valence-corrected chi connectivity index (χ1v) is 7.16. The molecule has 0 radical (unpaired) electrons. The van der Waals surface area contributed by atoms with Crippen molar-refractivity contribution in [1.29, 1.82) is 0 Å². The van der Waals surface area contributed by atoms with Crippen molar-refractivity contribution >= 4 is 11.8 Å². The Morgan fingerprint density at radius 3 is 2.21 bits per heavy atom. The van der Waals surface area contributed by atoms with Gasteiger partial charge in [0.25, 0.3) is 0 Å². The predicted molar refractivity (Wildman–Crippen MR) is 75.7 cm³/mol. The lowest BCUT2D eigenvalue weighted by molar-refractivity contribution is -0.157. The van der Waals surface area contributed by atoms with E-state index >= 15 is 0 Å². The molecule has 1 heterocycles. The third-order valence-corrected chi connectivity index (χ3v) is 3.37. The van der Waals surface area contributed by atoms with E-state index in [0.29, 0.717) is 31.6 Å². The highest BCUT2D eigenvalue weighted by molar-refractivity contribution is 6.35. The fraction of sp³-hybridized carbons (Fsp3) is 0.857. The SMILES string of the molecule is CC(CNC(C)C)CN1CCN(C(C)C)C(=O)C1=O. The number of carbonyl (C=O) groups excluding carboxylic acids is 2. The number of hydrogen-bond donors (Lipinski definition) is 1. The Kier molecular flexibility index (Phi) is 5.79. The summed E-state index contributed by atoms with van der Waals surface area (Å²) in [6.45, 7) is 13.0. The number of hydrogen-bond acceptors (Lipinski definition) is 3. The van der Waals surface area contributed by atoms with Crippen molar-refractivity contribution in [2.24, 2.45) is 5.92 Å². The molecule has 1 unspecified atom stereocenters. The van der Waals surface area contributed by atoms with E-state index in [4.69, 9.17) is 0 Å². The fourth-order valence-electron chi connectivity index (χ4n) is 2.23.